The van der Waals surface area contributed by atoms with E-state index in [1.807, 2.05) is 44.2 Å². The van der Waals surface area contributed by atoms with Gasteiger partial charge in [-0.15, -0.1) is 11.6 Å². The van der Waals surface area contributed by atoms with Crippen molar-refractivity contribution in [1.82, 2.24) is 0 Å². The Morgan fingerprint density at radius 3 is 2.36 bits per heavy atom. The van der Waals surface area contributed by atoms with Gasteiger partial charge in [-0.05, 0) is 6.42 Å². The first-order valence-corrected chi connectivity index (χ1v) is 5.27. The minimum Gasteiger partial charge on any atom is -0.294 e. The van der Waals surface area contributed by atoms with Gasteiger partial charge in [0.1, 0.15) is 0 Å². The molecule has 0 heterocycles. The molecule has 1 nitrogen and oxygen atoms in total. The van der Waals surface area contributed by atoms with E-state index >= 15 is 0 Å². The predicted molar refractivity (Wildman–Crippen MR) is 59.9 cm³/mol. The summed E-state index contributed by atoms with van der Waals surface area (Å²) < 4.78 is 0. The molecule has 0 atom stereocenters. The van der Waals surface area contributed by atoms with E-state index in [9.17, 15) is 4.79 Å². The molecule has 0 spiro atoms. The van der Waals surface area contributed by atoms with E-state index in [-0.39, 0.29) is 11.2 Å². The Kier molecular flexibility index (Phi) is 3.70. The Hall–Kier alpha value is -0.820. The molecule has 0 radical (unpaired) electrons. The van der Waals surface area contributed by atoms with Crippen molar-refractivity contribution in [2.24, 2.45) is 5.41 Å². The Labute approximate surface area is 90.1 Å². The Bertz CT molecular complexity index is 303. The predicted octanol–water partition coefficient (Wildman–Crippen LogP) is 3.52. The summed E-state index contributed by atoms with van der Waals surface area (Å²) in [4.78, 5) is 12.0. The zero-order valence-electron chi connectivity index (χ0n) is 8.59. The van der Waals surface area contributed by atoms with Crippen LogP contribution >= 0.6 is 11.6 Å². The zero-order chi connectivity index (χ0) is 10.6. The van der Waals surface area contributed by atoms with Crippen LogP contribution in [0.5, 0.6) is 0 Å². The van der Waals surface area contributed by atoms with Crippen molar-refractivity contribution < 1.29 is 4.79 Å². The number of carbonyl (C=O) groups is 1. The number of Topliss-reactive ketones (excluding diaryl/α,β-unsaturated/α-hetero) is 1. The van der Waals surface area contributed by atoms with Crippen LogP contribution in [0.15, 0.2) is 30.3 Å². The number of alkyl halides is 1. The molecule has 0 unspecified atom stereocenters. The van der Waals surface area contributed by atoms with Crippen LogP contribution in [0.25, 0.3) is 0 Å². The summed E-state index contributed by atoms with van der Waals surface area (Å²) in [5.74, 6) is 0.685. The van der Waals surface area contributed by atoms with E-state index < -0.39 is 0 Å². The Morgan fingerprint density at radius 2 is 1.86 bits per heavy atom. The molecule has 1 aromatic carbocycles. The molecule has 0 fully saturated rings. The summed E-state index contributed by atoms with van der Waals surface area (Å²) in [6.45, 7) is 3.87. The quantitative estimate of drug-likeness (QED) is 0.549. The van der Waals surface area contributed by atoms with Crippen LogP contribution in [0, 0.1) is 5.41 Å². The largest absolute Gasteiger partial charge is 0.294 e. The maximum absolute atomic E-state index is 12.0. The number of hydrogen-bond acceptors (Lipinski definition) is 1. The second kappa shape index (κ2) is 4.61. The Balaban J connectivity index is 2.85. The molecule has 76 valence electrons. The molecule has 0 aliphatic heterocycles. The van der Waals surface area contributed by atoms with Gasteiger partial charge in [0, 0.05) is 16.9 Å². The molecule has 0 saturated carbocycles. The van der Waals surface area contributed by atoms with Gasteiger partial charge in [0.15, 0.2) is 5.78 Å². The molecule has 0 aromatic heterocycles. The number of carbonyl (C=O) groups excluding carboxylic acids is 1. The molecule has 1 rings (SSSR count). The van der Waals surface area contributed by atoms with Gasteiger partial charge in [-0.3, -0.25) is 4.79 Å². The monoisotopic (exact) mass is 210 g/mol. The van der Waals surface area contributed by atoms with Gasteiger partial charge in [0.25, 0.3) is 0 Å². The van der Waals surface area contributed by atoms with Crippen molar-refractivity contribution in [1.29, 1.82) is 0 Å². The minimum absolute atomic E-state index is 0.166. The summed E-state index contributed by atoms with van der Waals surface area (Å²) in [5.41, 5.74) is 0.408. The number of rotatable bonds is 4. The molecule has 0 aliphatic carbocycles. The van der Waals surface area contributed by atoms with Crippen LogP contribution in [0.3, 0.4) is 0 Å². The first-order valence-electron chi connectivity index (χ1n) is 4.74. The first kappa shape index (κ1) is 11.3. The fourth-order valence-corrected chi connectivity index (χ4v) is 1.80. The van der Waals surface area contributed by atoms with Crippen molar-refractivity contribution >= 4 is 17.4 Å². The molecule has 14 heavy (non-hydrogen) atoms. The second-order valence-electron chi connectivity index (χ2n) is 4.02. The van der Waals surface area contributed by atoms with E-state index in [0.717, 1.165) is 5.56 Å². The van der Waals surface area contributed by atoms with Crippen LogP contribution in [-0.4, -0.2) is 11.7 Å². The summed E-state index contributed by atoms with van der Waals surface area (Å²) >= 11 is 5.67. The van der Waals surface area contributed by atoms with Crippen molar-refractivity contribution in [3.8, 4) is 0 Å². The highest BCUT2D eigenvalue weighted by Crippen LogP contribution is 2.26. The highest BCUT2D eigenvalue weighted by molar-refractivity contribution is 6.18. The Morgan fingerprint density at radius 1 is 1.29 bits per heavy atom. The normalized spacial score (nSPS) is 11.4. The topological polar surface area (TPSA) is 17.1 Å². The lowest BCUT2D eigenvalue weighted by atomic mass is 9.82. The molecule has 1 aromatic rings. The van der Waals surface area contributed by atoms with Gasteiger partial charge in [-0.25, -0.2) is 0 Å². The molecule has 0 aliphatic rings. The van der Waals surface area contributed by atoms with Gasteiger partial charge >= 0.3 is 0 Å². The molecule has 0 saturated heterocycles. The molecular weight excluding hydrogens is 196 g/mol. The summed E-state index contributed by atoms with van der Waals surface area (Å²) in [6, 6.07) is 9.36. The third kappa shape index (κ3) is 2.58. The van der Waals surface area contributed by atoms with E-state index in [1.54, 1.807) is 0 Å². The van der Waals surface area contributed by atoms with Gasteiger partial charge in [-0.2, -0.15) is 0 Å². The molecule has 0 amide bonds. The minimum atomic E-state index is -0.358. The highest BCUT2D eigenvalue weighted by Gasteiger charge is 2.27. The zero-order valence-corrected chi connectivity index (χ0v) is 9.34. The maximum Gasteiger partial charge on any atom is 0.168 e. The lowest BCUT2D eigenvalue weighted by Gasteiger charge is -2.21. The van der Waals surface area contributed by atoms with Crippen molar-refractivity contribution in [2.75, 3.05) is 5.88 Å². The van der Waals surface area contributed by atoms with Crippen LogP contribution in [0.2, 0.25) is 0 Å². The van der Waals surface area contributed by atoms with Crippen molar-refractivity contribution in [2.45, 2.75) is 20.3 Å². The van der Waals surface area contributed by atoms with Gasteiger partial charge in [-0.1, -0.05) is 44.2 Å². The van der Waals surface area contributed by atoms with Crippen molar-refractivity contribution in [3.63, 3.8) is 0 Å². The van der Waals surface area contributed by atoms with E-state index in [4.69, 9.17) is 11.6 Å². The van der Waals surface area contributed by atoms with Gasteiger partial charge in [0.05, 0.1) is 0 Å². The average molecular weight is 211 g/mol. The molecular formula is C12H15ClO. The smallest absolute Gasteiger partial charge is 0.168 e. The molecule has 0 bridgehead atoms. The highest BCUT2D eigenvalue weighted by atomic mass is 35.5. The van der Waals surface area contributed by atoms with E-state index in [1.165, 1.54) is 0 Å². The number of halogens is 1. The summed E-state index contributed by atoms with van der Waals surface area (Å²) in [7, 11) is 0. The van der Waals surface area contributed by atoms with Crippen LogP contribution in [0.4, 0.5) is 0 Å². The second-order valence-corrected chi connectivity index (χ2v) is 4.40. The lowest BCUT2D eigenvalue weighted by Crippen LogP contribution is -2.24. The van der Waals surface area contributed by atoms with Crippen LogP contribution < -0.4 is 0 Å². The van der Waals surface area contributed by atoms with Gasteiger partial charge < -0.3 is 0 Å². The SMILES string of the molecule is CC(C)(CCCl)C(=O)c1ccccc1. The van der Waals surface area contributed by atoms with Crippen LogP contribution in [0.1, 0.15) is 30.6 Å². The van der Waals surface area contributed by atoms with Crippen LogP contribution in [-0.2, 0) is 0 Å². The molecule has 2 heteroatoms. The van der Waals surface area contributed by atoms with E-state index in [2.05, 4.69) is 0 Å². The lowest BCUT2D eigenvalue weighted by molar-refractivity contribution is 0.0834. The number of ketones is 1. The van der Waals surface area contributed by atoms with Crippen molar-refractivity contribution in [3.05, 3.63) is 35.9 Å². The fourth-order valence-electron chi connectivity index (χ4n) is 1.33. The third-order valence-corrected chi connectivity index (χ3v) is 2.56. The molecule has 0 N–H and O–H groups in total. The summed E-state index contributed by atoms with van der Waals surface area (Å²) in [5, 5.41) is 0. The number of hydrogen-bond donors (Lipinski definition) is 0. The first-order chi connectivity index (χ1) is 6.58. The van der Waals surface area contributed by atoms with Gasteiger partial charge in [0.2, 0.25) is 0 Å². The fraction of sp³-hybridized carbons (Fsp3) is 0.417. The maximum atomic E-state index is 12.0. The standard InChI is InChI=1S/C12H15ClO/c1-12(2,8-9-13)11(14)10-6-4-3-5-7-10/h3-7H,8-9H2,1-2H3. The summed E-state index contributed by atoms with van der Waals surface area (Å²) in [6.07, 6.45) is 0.711. The number of benzene rings is 1. The third-order valence-electron chi connectivity index (χ3n) is 2.37. The van der Waals surface area contributed by atoms with E-state index in [0.29, 0.717) is 12.3 Å². The average Bonchev–Trinajstić information content (AvgIpc) is 2.18.